The molecule has 1 atom stereocenters. The van der Waals surface area contributed by atoms with Gasteiger partial charge in [-0.05, 0) is 53.6 Å². The first kappa shape index (κ1) is 22.0. The van der Waals surface area contributed by atoms with E-state index in [0.29, 0.717) is 17.9 Å². The Hall–Kier alpha value is -4.26. The van der Waals surface area contributed by atoms with Crippen molar-refractivity contribution < 1.29 is 19.1 Å². The first-order valence-corrected chi connectivity index (χ1v) is 10.5. The summed E-state index contributed by atoms with van der Waals surface area (Å²) in [5.74, 6) is 0.439. The van der Waals surface area contributed by atoms with Gasteiger partial charge in [0.25, 0.3) is 5.91 Å². The molecule has 1 aromatic heterocycles. The maximum absolute atomic E-state index is 12.5. The van der Waals surface area contributed by atoms with Crippen molar-refractivity contribution in [2.45, 2.75) is 5.92 Å². The van der Waals surface area contributed by atoms with Crippen molar-refractivity contribution in [1.82, 2.24) is 10.3 Å². The van der Waals surface area contributed by atoms with Crippen LogP contribution < -0.4 is 20.5 Å². The Morgan fingerprint density at radius 1 is 0.970 bits per heavy atom. The fraction of sp³-hybridized carbons (Fsp3) is 0.154. The van der Waals surface area contributed by atoms with Crippen molar-refractivity contribution >= 4 is 22.7 Å². The van der Waals surface area contributed by atoms with Crippen molar-refractivity contribution in [2.24, 2.45) is 5.73 Å². The van der Waals surface area contributed by atoms with Gasteiger partial charge < -0.3 is 25.5 Å². The number of carbonyl (C=O) groups is 2. The van der Waals surface area contributed by atoms with Crippen LogP contribution in [0.15, 0.2) is 79.0 Å². The van der Waals surface area contributed by atoms with E-state index in [1.807, 2.05) is 48.7 Å². The number of hydrogen-bond donors (Lipinski definition) is 3. The van der Waals surface area contributed by atoms with Gasteiger partial charge in [-0.2, -0.15) is 0 Å². The van der Waals surface area contributed by atoms with E-state index in [-0.39, 0.29) is 18.4 Å². The molecule has 4 N–H and O–H groups in total. The van der Waals surface area contributed by atoms with Crippen LogP contribution >= 0.6 is 0 Å². The number of fused-ring (bicyclic) bond motifs is 1. The highest BCUT2D eigenvalue weighted by atomic mass is 16.5. The number of para-hydroxylation sites is 1. The van der Waals surface area contributed by atoms with Gasteiger partial charge in [0.1, 0.15) is 11.5 Å². The highest BCUT2D eigenvalue weighted by Crippen LogP contribution is 2.31. The minimum absolute atomic E-state index is 0.0640. The van der Waals surface area contributed by atoms with E-state index in [9.17, 15) is 9.59 Å². The van der Waals surface area contributed by atoms with Gasteiger partial charge in [-0.3, -0.25) is 9.59 Å². The lowest BCUT2D eigenvalue weighted by Gasteiger charge is -2.19. The third-order valence-electron chi connectivity index (χ3n) is 5.53. The van der Waals surface area contributed by atoms with Crippen LogP contribution in [-0.2, 0) is 4.79 Å². The molecule has 0 aliphatic rings. The monoisotopic (exact) mass is 443 g/mol. The molecular formula is C26H25N3O4. The summed E-state index contributed by atoms with van der Waals surface area (Å²) < 4.78 is 10.8. The number of rotatable bonds is 9. The summed E-state index contributed by atoms with van der Waals surface area (Å²) in [5.41, 5.74) is 8.82. The minimum atomic E-state index is -0.513. The van der Waals surface area contributed by atoms with Crippen LogP contribution in [0.25, 0.3) is 10.9 Å². The molecule has 0 aliphatic carbocycles. The number of H-pyrrole nitrogens is 1. The molecule has 0 saturated carbocycles. The number of carbonyl (C=O) groups excluding carboxylic acids is 2. The zero-order chi connectivity index (χ0) is 23.2. The van der Waals surface area contributed by atoms with Gasteiger partial charge in [0.2, 0.25) is 5.91 Å². The van der Waals surface area contributed by atoms with E-state index in [0.717, 1.165) is 27.8 Å². The molecule has 4 rings (SSSR count). The van der Waals surface area contributed by atoms with Gasteiger partial charge >= 0.3 is 0 Å². The van der Waals surface area contributed by atoms with Gasteiger partial charge in [0.05, 0.1) is 7.11 Å². The van der Waals surface area contributed by atoms with Crippen molar-refractivity contribution in [3.63, 3.8) is 0 Å². The second kappa shape index (κ2) is 9.91. The maximum atomic E-state index is 12.5. The molecule has 7 nitrogen and oxygen atoms in total. The number of nitrogens with two attached hydrogens (primary N) is 1. The van der Waals surface area contributed by atoms with E-state index in [2.05, 4.69) is 16.4 Å². The Balaban J connectivity index is 1.47. The smallest absolute Gasteiger partial charge is 0.257 e. The number of primary amides is 1. The minimum Gasteiger partial charge on any atom is -0.497 e. The molecule has 7 heteroatoms. The summed E-state index contributed by atoms with van der Waals surface area (Å²) in [4.78, 5) is 27.0. The largest absolute Gasteiger partial charge is 0.497 e. The maximum Gasteiger partial charge on any atom is 0.257 e. The van der Waals surface area contributed by atoms with E-state index in [1.54, 1.807) is 31.4 Å². The van der Waals surface area contributed by atoms with Crippen LogP contribution in [0.2, 0.25) is 0 Å². The zero-order valence-corrected chi connectivity index (χ0v) is 18.2. The van der Waals surface area contributed by atoms with E-state index in [4.69, 9.17) is 15.2 Å². The van der Waals surface area contributed by atoms with Gasteiger partial charge in [-0.25, -0.2) is 0 Å². The molecule has 0 spiro atoms. The molecule has 0 bridgehead atoms. The molecule has 2 amide bonds. The number of nitrogens with one attached hydrogen (secondary N) is 2. The van der Waals surface area contributed by atoms with Gasteiger partial charge in [0.15, 0.2) is 6.61 Å². The van der Waals surface area contributed by atoms with E-state index in [1.165, 1.54) is 0 Å². The van der Waals surface area contributed by atoms with Crippen molar-refractivity contribution in [2.75, 3.05) is 20.3 Å². The van der Waals surface area contributed by atoms with Crippen LogP contribution in [0.1, 0.15) is 27.4 Å². The number of amides is 2. The predicted octanol–water partition coefficient (Wildman–Crippen LogP) is 3.60. The summed E-state index contributed by atoms with van der Waals surface area (Å²) in [5, 5.41) is 4.09. The highest BCUT2D eigenvalue weighted by Gasteiger charge is 2.19. The molecule has 168 valence electrons. The summed E-state index contributed by atoms with van der Waals surface area (Å²) in [6, 6.07) is 22.3. The van der Waals surface area contributed by atoms with Gasteiger partial charge in [-0.1, -0.05) is 30.3 Å². The molecule has 33 heavy (non-hydrogen) atoms. The summed E-state index contributed by atoms with van der Waals surface area (Å²) in [6.45, 7) is 0.260. The number of ether oxygens (including phenoxy) is 2. The fourth-order valence-corrected chi connectivity index (χ4v) is 3.76. The van der Waals surface area contributed by atoms with Gasteiger partial charge in [-0.15, -0.1) is 0 Å². The van der Waals surface area contributed by atoms with Crippen LogP contribution in [0, 0.1) is 0 Å². The zero-order valence-electron chi connectivity index (χ0n) is 18.2. The van der Waals surface area contributed by atoms with Gasteiger partial charge in [0, 0.05) is 35.1 Å². The normalized spacial score (nSPS) is 11.7. The van der Waals surface area contributed by atoms with Crippen LogP contribution in [0.3, 0.4) is 0 Å². The first-order valence-electron chi connectivity index (χ1n) is 10.5. The first-order chi connectivity index (χ1) is 16.0. The van der Waals surface area contributed by atoms with Crippen molar-refractivity contribution in [1.29, 1.82) is 0 Å². The fourth-order valence-electron chi connectivity index (χ4n) is 3.76. The number of methoxy groups -OCH3 is 1. The number of hydrogen-bond acceptors (Lipinski definition) is 4. The Bertz CT molecular complexity index is 1250. The Labute approximate surface area is 191 Å². The lowest BCUT2D eigenvalue weighted by Crippen LogP contribution is -2.32. The molecule has 0 aliphatic heterocycles. The molecule has 0 fully saturated rings. The van der Waals surface area contributed by atoms with E-state index < -0.39 is 5.91 Å². The number of aromatic nitrogens is 1. The number of benzene rings is 3. The molecule has 0 radical (unpaired) electrons. The van der Waals surface area contributed by atoms with E-state index >= 15 is 0 Å². The average molecular weight is 444 g/mol. The summed E-state index contributed by atoms with van der Waals surface area (Å²) >= 11 is 0. The molecular weight excluding hydrogens is 418 g/mol. The number of aromatic amines is 1. The Morgan fingerprint density at radius 2 is 1.67 bits per heavy atom. The third-order valence-corrected chi connectivity index (χ3v) is 5.53. The quantitative estimate of drug-likeness (QED) is 0.367. The SMILES string of the molecule is COc1ccc([C@H](CNC(=O)COc2ccc(C(N)=O)cc2)c2c[nH]c3ccccc23)cc1. The molecule has 3 aromatic carbocycles. The van der Waals surface area contributed by atoms with Crippen LogP contribution in [0.4, 0.5) is 0 Å². The van der Waals surface area contributed by atoms with Crippen LogP contribution in [-0.4, -0.2) is 37.1 Å². The third kappa shape index (κ3) is 5.15. The highest BCUT2D eigenvalue weighted by molar-refractivity contribution is 5.92. The standard InChI is InChI=1S/C26H25N3O4/c1-32-19-10-6-17(7-11-19)22(23-15-28-24-5-3-2-4-21(23)24)14-29-25(30)16-33-20-12-8-18(9-13-20)26(27)31/h2-13,15,22,28H,14,16H2,1H3,(H2,27,31)(H,29,30)/t22-/m0/s1. The Kier molecular flexibility index (Phi) is 6.59. The van der Waals surface area contributed by atoms with Crippen LogP contribution in [0.5, 0.6) is 11.5 Å². The molecule has 0 saturated heterocycles. The summed E-state index contributed by atoms with van der Waals surface area (Å²) in [6.07, 6.45) is 1.99. The lowest BCUT2D eigenvalue weighted by atomic mass is 9.91. The second-order valence-electron chi connectivity index (χ2n) is 7.60. The predicted molar refractivity (Wildman–Crippen MR) is 127 cm³/mol. The summed E-state index contributed by atoms with van der Waals surface area (Å²) in [7, 11) is 1.63. The molecule has 0 unspecified atom stereocenters. The Morgan fingerprint density at radius 3 is 2.36 bits per heavy atom. The van der Waals surface area contributed by atoms with Crippen molar-refractivity contribution in [3.05, 3.63) is 95.7 Å². The van der Waals surface area contributed by atoms with Crippen molar-refractivity contribution in [3.8, 4) is 11.5 Å². The topological polar surface area (TPSA) is 106 Å². The molecule has 1 heterocycles. The lowest BCUT2D eigenvalue weighted by molar-refractivity contribution is -0.123. The second-order valence-corrected chi connectivity index (χ2v) is 7.60. The molecule has 4 aromatic rings. The average Bonchev–Trinajstić information content (AvgIpc) is 3.27.